The molecule has 6 nitrogen and oxygen atoms in total. The number of nitrogens with one attached hydrogen (secondary N) is 2. The van der Waals surface area contributed by atoms with Crippen molar-refractivity contribution in [2.24, 2.45) is 5.92 Å². The Bertz CT molecular complexity index is 1050. The molecule has 31 heavy (non-hydrogen) atoms. The minimum absolute atomic E-state index is 0.109. The second-order valence-electron chi connectivity index (χ2n) is 7.39. The minimum Gasteiger partial charge on any atom is -0.493 e. The van der Waals surface area contributed by atoms with E-state index in [2.05, 4.69) is 15.6 Å². The van der Waals surface area contributed by atoms with Gasteiger partial charge in [0, 0.05) is 29.9 Å². The first-order chi connectivity index (χ1) is 15.0. The molecule has 0 unspecified atom stereocenters. The number of carbonyl (C=O) groups excluding carboxylic acids is 2. The number of hydrogen-bond acceptors (Lipinski definition) is 4. The zero-order chi connectivity index (χ0) is 22.2. The number of carbonyl (C=O) groups is 2. The molecule has 0 saturated carbocycles. The fourth-order valence-electron chi connectivity index (χ4n) is 3.00. The number of ether oxygens (including phenoxy) is 1. The molecule has 2 amide bonds. The van der Waals surface area contributed by atoms with Crippen molar-refractivity contribution in [2.45, 2.75) is 27.3 Å². The molecule has 6 heteroatoms. The zero-order valence-electron chi connectivity index (χ0n) is 18.0. The minimum atomic E-state index is -0.271. The lowest BCUT2D eigenvalue weighted by atomic mass is 10.1. The highest BCUT2D eigenvalue weighted by atomic mass is 16.5. The third-order valence-electron chi connectivity index (χ3n) is 4.66. The highest BCUT2D eigenvalue weighted by Gasteiger charge is 2.15. The molecule has 3 aromatic rings. The van der Waals surface area contributed by atoms with Gasteiger partial charge in [-0.2, -0.15) is 0 Å². The van der Waals surface area contributed by atoms with Gasteiger partial charge < -0.3 is 15.4 Å². The molecular weight excluding hydrogens is 390 g/mol. The molecule has 0 aliphatic rings. The molecule has 3 rings (SSSR count). The van der Waals surface area contributed by atoms with Crippen LogP contribution in [0.4, 0.5) is 5.69 Å². The maximum atomic E-state index is 12.9. The normalized spacial score (nSPS) is 10.6. The number of anilines is 1. The standard InChI is InChI=1S/C25H27N3O3/c1-4-31-23-12-11-20(28-24(29)17(2)3)15-21(23)25(30)27-16-18-8-7-9-19(14-18)22-10-5-6-13-26-22/h5-15,17H,4,16H2,1-3H3,(H,27,30)(H,28,29). The predicted octanol–water partition coefficient (Wildman–Crippen LogP) is 4.67. The van der Waals surface area contributed by atoms with Gasteiger partial charge in [-0.1, -0.05) is 38.1 Å². The van der Waals surface area contributed by atoms with Gasteiger partial charge in [-0.15, -0.1) is 0 Å². The average molecular weight is 418 g/mol. The summed E-state index contributed by atoms with van der Waals surface area (Å²) in [5.74, 6) is -0.0609. The highest BCUT2D eigenvalue weighted by molar-refractivity contribution is 5.99. The van der Waals surface area contributed by atoms with Crippen LogP contribution in [0.1, 0.15) is 36.7 Å². The topological polar surface area (TPSA) is 80.3 Å². The lowest BCUT2D eigenvalue weighted by molar-refractivity contribution is -0.118. The second-order valence-corrected chi connectivity index (χ2v) is 7.39. The average Bonchev–Trinajstić information content (AvgIpc) is 2.79. The molecule has 0 atom stereocenters. The van der Waals surface area contributed by atoms with Gasteiger partial charge in [0.2, 0.25) is 5.91 Å². The van der Waals surface area contributed by atoms with Crippen LogP contribution < -0.4 is 15.4 Å². The molecule has 0 aliphatic carbocycles. The van der Waals surface area contributed by atoms with Crippen LogP contribution in [-0.2, 0) is 11.3 Å². The Morgan fingerprint density at radius 2 is 1.87 bits per heavy atom. The summed E-state index contributed by atoms with van der Waals surface area (Å²) in [5, 5.41) is 5.77. The van der Waals surface area contributed by atoms with Crippen molar-refractivity contribution < 1.29 is 14.3 Å². The van der Waals surface area contributed by atoms with Gasteiger partial charge in [0.15, 0.2) is 0 Å². The number of amides is 2. The largest absolute Gasteiger partial charge is 0.493 e. The third-order valence-corrected chi connectivity index (χ3v) is 4.66. The Hall–Kier alpha value is -3.67. The van der Waals surface area contributed by atoms with Crippen LogP contribution in [0.2, 0.25) is 0 Å². The van der Waals surface area contributed by atoms with Crippen molar-refractivity contribution >= 4 is 17.5 Å². The van der Waals surface area contributed by atoms with Gasteiger partial charge in [-0.25, -0.2) is 0 Å². The zero-order valence-corrected chi connectivity index (χ0v) is 18.0. The van der Waals surface area contributed by atoms with Crippen molar-refractivity contribution in [3.8, 4) is 17.0 Å². The maximum Gasteiger partial charge on any atom is 0.255 e. The van der Waals surface area contributed by atoms with Crippen LogP contribution in [-0.4, -0.2) is 23.4 Å². The van der Waals surface area contributed by atoms with E-state index in [1.807, 2.05) is 63.2 Å². The first-order valence-corrected chi connectivity index (χ1v) is 10.3. The molecule has 1 heterocycles. The first kappa shape index (κ1) is 22.0. The Kier molecular flexibility index (Phi) is 7.38. The van der Waals surface area contributed by atoms with Crippen molar-refractivity contribution in [1.82, 2.24) is 10.3 Å². The first-order valence-electron chi connectivity index (χ1n) is 10.3. The van der Waals surface area contributed by atoms with E-state index >= 15 is 0 Å². The van der Waals surface area contributed by atoms with Gasteiger partial charge in [0.25, 0.3) is 5.91 Å². The van der Waals surface area contributed by atoms with Crippen LogP contribution >= 0.6 is 0 Å². The van der Waals surface area contributed by atoms with Crippen molar-refractivity contribution in [3.05, 3.63) is 78.0 Å². The number of nitrogens with zero attached hydrogens (tertiary/aromatic N) is 1. The van der Waals surface area contributed by atoms with E-state index in [0.29, 0.717) is 30.2 Å². The summed E-state index contributed by atoms with van der Waals surface area (Å²) in [7, 11) is 0. The lowest BCUT2D eigenvalue weighted by Crippen LogP contribution is -2.24. The molecule has 0 bridgehead atoms. The van der Waals surface area contributed by atoms with Gasteiger partial charge in [0.05, 0.1) is 17.9 Å². The van der Waals surface area contributed by atoms with Crippen molar-refractivity contribution in [1.29, 1.82) is 0 Å². The molecule has 160 valence electrons. The summed E-state index contributed by atoms with van der Waals surface area (Å²) >= 11 is 0. The van der Waals surface area contributed by atoms with Crippen LogP contribution in [0.5, 0.6) is 5.75 Å². The summed E-state index contributed by atoms with van der Waals surface area (Å²) in [6, 6.07) is 18.7. The van der Waals surface area contributed by atoms with Crippen LogP contribution in [0, 0.1) is 5.92 Å². The summed E-state index contributed by atoms with van der Waals surface area (Å²) in [4.78, 5) is 29.3. The van der Waals surface area contributed by atoms with E-state index in [1.165, 1.54) is 0 Å². The SMILES string of the molecule is CCOc1ccc(NC(=O)C(C)C)cc1C(=O)NCc1cccc(-c2ccccn2)c1. The quantitative estimate of drug-likeness (QED) is 0.558. The highest BCUT2D eigenvalue weighted by Crippen LogP contribution is 2.24. The summed E-state index contributed by atoms with van der Waals surface area (Å²) < 4.78 is 5.61. The Morgan fingerprint density at radius 1 is 1.03 bits per heavy atom. The predicted molar refractivity (Wildman–Crippen MR) is 122 cm³/mol. The van der Waals surface area contributed by atoms with Gasteiger partial charge in [0.1, 0.15) is 5.75 Å². The van der Waals surface area contributed by atoms with Crippen LogP contribution in [0.3, 0.4) is 0 Å². The Balaban J connectivity index is 1.75. The molecule has 0 aliphatic heterocycles. The summed E-state index contributed by atoms with van der Waals surface area (Å²) in [6.45, 7) is 6.28. The van der Waals surface area contributed by atoms with Crippen LogP contribution in [0.15, 0.2) is 66.9 Å². The molecule has 0 fully saturated rings. The smallest absolute Gasteiger partial charge is 0.255 e. The van der Waals surface area contributed by atoms with E-state index in [0.717, 1.165) is 16.8 Å². The van der Waals surface area contributed by atoms with E-state index < -0.39 is 0 Å². The summed E-state index contributed by atoms with van der Waals surface area (Å²) in [6.07, 6.45) is 1.75. The van der Waals surface area contributed by atoms with E-state index in [9.17, 15) is 9.59 Å². The maximum absolute atomic E-state index is 12.9. The molecule has 0 saturated heterocycles. The molecular formula is C25H27N3O3. The van der Waals surface area contributed by atoms with E-state index in [1.54, 1.807) is 24.4 Å². The van der Waals surface area contributed by atoms with Crippen LogP contribution in [0.25, 0.3) is 11.3 Å². The third kappa shape index (κ3) is 5.92. The lowest BCUT2D eigenvalue weighted by Gasteiger charge is -2.14. The van der Waals surface area contributed by atoms with Crippen molar-refractivity contribution in [3.63, 3.8) is 0 Å². The fraction of sp³-hybridized carbons (Fsp3) is 0.240. The monoisotopic (exact) mass is 417 g/mol. The Morgan fingerprint density at radius 3 is 2.58 bits per heavy atom. The van der Waals surface area contributed by atoms with Gasteiger partial charge in [-0.3, -0.25) is 14.6 Å². The number of rotatable bonds is 8. The number of benzene rings is 2. The molecule has 0 radical (unpaired) electrons. The second kappa shape index (κ2) is 10.4. The number of pyridine rings is 1. The number of hydrogen-bond donors (Lipinski definition) is 2. The van der Waals surface area contributed by atoms with E-state index in [-0.39, 0.29) is 17.7 Å². The molecule has 0 spiro atoms. The van der Waals surface area contributed by atoms with Gasteiger partial charge >= 0.3 is 0 Å². The number of aromatic nitrogens is 1. The van der Waals surface area contributed by atoms with Crippen molar-refractivity contribution in [2.75, 3.05) is 11.9 Å². The molecule has 2 aromatic carbocycles. The molecule has 1 aromatic heterocycles. The fourth-order valence-corrected chi connectivity index (χ4v) is 3.00. The Labute approximate surface area is 182 Å². The van der Waals surface area contributed by atoms with E-state index in [4.69, 9.17) is 4.74 Å². The summed E-state index contributed by atoms with van der Waals surface area (Å²) in [5.41, 5.74) is 3.76. The van der Waals surface area contributed by atoms with Gasteiger partial charge in [-0.05, 0) is 48.9 Å². The molecule has 2 N–H and O–H groups in total.